The van der Waals surface area contributed by atoms with Crippen LogP contribution in [-0.2, 0) is 11.3 Å². The smallest absolute Gasteiger partial charge is 0.293 e. The molecule has 0 aliphatic heterocycles. The highest BCUT2D eigenvalue weighted by Crippen LogP contribution is 2.04. The first-order valence-corrected chi connectivity index (χ1v) is 7.22. The molecule has 0 aliphatic carbocycles. The molecule has 102 valence electrons. The molecular weight excluding hydrogens is 298 g/mol. The minimum atomic E-state index is -0.0311. The van der Waals surface area contributed by atoms with Crippen molar-refractivity contribution >= 4 is 21.7 Å². The minimum Gasteiger partial charge on any atom is -0.383 e. The van der Waals surface area contributed by atoms with Gasteiger partial charge < -0.3 is 14.2 Å². The molecule has 0 fully saturated rings. The highest BCUT2D eigenvalue weighted by atomic mass is 79.9. The zero-order valence-corrected chi connectivity index (χ0v) is 12.5. The van der Waals surface area contributed by atoms with Gasteiger partial charge in [-0.2, -0.15) is 0 Å². The second-order valence-corrected chi connectivity index (χ2v) is 4.71. The van der Waals surface area contributed by atoms with Crippen LogP contribution in [-0.4, -0.2) is 41.7 Å². The first-order chi connectivity index (χ1) is 8.74. The lowest BCUT2D eigenvalue weighted by Gasteiger charge is -2.22. The predicted octanol–water partition coefficient (Wildman–Crippen LogP) is 1.50. The lowest BCUT2D eigenvalue weighted by molar-refractivity contribution is 0.205. The number of methoxy groups -OCH3 is 1. The molecule has 0 amide bonds. The Morgan fingerprint density at radius 2 is 2.28 bits per heavy atom. The Morgan fingerprint density at radius 1 is 1.50 bits per heavy atom. The van der Waals surface area contributed by atoms with Crippen LogP contribution in [0, 0.1) is 0 Å². The maximum absolute atomic E-state index is 12.2. The molecule has 18 heavy (non-hydrogen) atoms. The van der Waals surface area contributed by atoms with Crippen LogP contribution in [0.1, 0.15) is 13.3 Å². The second-order valence-electron chi connectivity index (χ2n) is 3.92. The molecule has 0 spiro atoms. The van der Waals surface area contributed by atoms with Gasteiger partial charge in [-0.15, -0.1) is 0 Å². The fraction of sp³-hybridized carbons (Fsp3) is 0.667. The van der Waals surface area contributed by atoms with Crippen molar-refractivity contribution in [2.45, 2.75) is 19.9 Å². The molecule has 1 rings (SSSR count). The molecule has 5 nitrogen and oxygen atoms in total. The molecule has 0 saturated heterocycles. The van der Waals surface area contributed by atoms with Crippen LogP contribution in [0.3, 0.4) is 0 Å². The average molecular weight is 318 g/mol. The summed E-state index contributed by atoms with van der Waals surface area (Å²) in [4.78, 5) is 18.4. The van der Waals surface area contributed by atoms with Gasteiger partial charge in [0.1, 0.15) is 0 Å². The van der Waals surface area contributed by atoms with Gasteiger partial charge in [0.05, 0.1) is 6.61 Å². The third kappa shape index (κ3) is 4.10. The quantitative estimate of drug-likeness (QED) is 0.682. The highest BCUT2D eigenvalue weighted by Gasteiger charge is 2.12. The molecule has 0 bridgehead atoms. The van der Waals surface area contributed by atoms with E-state index in [1.54, 1.807) is 24.1 Å². The Morgan fingerprint density at radius 3 is 2.89 bits per heavy atom. The largest absolute Gasteiger partial charge is 0.383 e. The first-order valence-electron chi connectivity index (χ1n) is 6.09. The van der Waals surface area contributed by atoms with Gasteiger partial charge in [0.15, 0.2) is 5.82 Å². The topological polar surface area (TPSA) is 47.4 Å². The molecule has 0 saturated carbocycles. The highest BCUT2D eigenvalue weighted by molar-refractivity contribution is 9.09. The van der Waals surface area contributed by atoms with E-state index >= 15 is 0 Å². The van der Waals surface area contributed by atoms with Gasteiger partial charge >= 0.3 is 0 Å². The summed E-state index contributed by atoms with van der Waals surface area (Å²) in [7, 11) is 1.65. The van der Waals surface area contributed by atoms with Crippen molar-refractivity contribution in [3.05, 3.63) is 22.7 Å². The number of hydrogen-bond acceptors (Lipinski definition) is 4. The van der Waals surface area contributed by atoms with Gasteiger partial charge in [0.2, 0.25) is 0 Å². The Kier molecular flexibility index (Phi) is 6.97. The van der Waals surface area contributed by atoms with Crippen LogP contribution < -0.4 is 10.5 Å². The molecule has 1 aromatic heterocycles. The van der Waals surface area contributed by atoms with E-state index in [1.165, 1.54) is 0 Å². The van der Waals surface area contributed by atoms with Crippen molar-refractivity contribution in [1.29, 1.82) is 0 Å². The second kappa shape index (κ2) is 8.26. The van der Waals surface area contributed by atoms with E-state index in [-0.39, 0.29) is 5.56 Å². The normalized spacial score (nSPS) is 10.6. The van der Waals surface area contributed by atoms with E-state index in [1.807, 2.05) is 11.8 Å². The number of ether oxygens (including phenoxy) is 1. The fourth-order valence-corrected chi connectivity index (χ4v) is 2.12. The standard InChI is InChI=1S/C12H20BrN3O2/c1-3-6-16-8-5-14-11(12(16)17)15(7-4-13)9-10-18-2/h5,8H,3-4,6-7,9-10H2,1-2H3. The van der Waals surface area contributed by atoms with Crippen molar-refractivity contribution in [3.63, 3.8) is 0 Å². The van der Waals surface area contributed by atoms with Crippen LogP contribution in [0.2, 0.25) is 0 Å². The van der Waals surface area contributed by atoms with Gasteiger partial charge in [-0.25, -0.2) is 4.98 Å². The van der Waals surface area contributed by atoms with E-state index in [0.717, 1.165) is 24.8 Å². The van der Waals surface area contributed by atoms with Gasteiger partial charge in [0.25, 0.3) is 5.56 Å². The molecule has 6 heteroatoms. The number of anilines is 1. The predicted molar refractivity (Wildman–Crippen MR) is 76.7 cm³/mol. The zero-order valence-electron chi connectivity index (χ0n) is 10.9. The summed E-state index contributed by atoms with van der Waals surface area (Å²) in [6.07, 6.45) is 4.35. The van der Waals surface area contributed by atoms with Crippen molar-refractivity contribution in [2.75, 3.05) is 37.0 Å². The van der Waals surface area contributed by atoms with E-state index in [2.05, 4.69) is 20.9 Å². The Balaban J connectivity index is 2.96. The monoisotopic (exact) mass is 317 g/mol. The number of rotatable bonds is 8. The molecule has 0 N–H and O–H groups in total. The Bertz CT molecular complexity index is 409. The van der Waals surface area contributed by atoms with Gasteiger partial charge in [0, 0.05) is 44.5 Å². The molecule has 1 heterocycles. The number of hydrogen-bond donors (Lipinski definition) is 0. The number of alkyl halides is 1. The Hall–Kier alpha value is -0.880. The summed E-state index contributed by atoms with van der Waals surface area (Å²) in [6, 6.07) is 0. The fourth-order valence-electron chi connectivity index (χ4n) is 1.70. The van der Waals surface area contributed by atoms with E-state index in [9.17, 15) is 4.79 Å². The summed E-state index contributed by atoms with van der Waals surface area (Å²) in [6.45, 7) is 4.76. The summed E-state index contributed by atoms with van der Waals surface area (Å²) in [5.41, 5.74) is -0.0311. The number of aromatic nitrogens is 2. The van der Waals surface area contributed by atoms with Crippen molar-refractivity contribution in [3.8, 4) is 0 Å². The van der Waals surface area contributed by atoms with E-state index in [4.69, 9.17) is 4.74 Å². The van der Waals surface area contributed by atoms with E-state index < -0.39 is 0 Å². The molecule has 1 aromatic rings. The van der Waals surface area contributed by atoms with Crippen LogP contribution >= 0.6 is 15.9 Å². The van der Waals surface area contributed by atoms with E-state index in [0.29, 0.717) is 19.0 Å². The van der Waals surface area contributed by atoms with Crippen LogP contribution in [0.15, 0.2) is 17.2 Å². The van der Waals surface area contributed by atoms with Crippen molar-refractivity contribution < 1.29 is 4.74 Å². The Labute approximate surface area is 116 Å². The zero-order chi connectivity index (χ0) is 13.4. The average Bonchev–Trinajstić information content (AvgIpc) is 2.38. The minimum absolute atomic E-state index is 0.0311. The maximum Gasteiger partial charge on any atom is 0.293 e. The van der Waals surface area contributed by atoms with Gasteiger partial charge in [-0.1, -0.05) is 22.9 Å². The lowest BCUT2D eigenvalue weighted by atomic mass is 10.4. The first kappa shape index (κ1) is 15.2. The molecule has 0 aliphatic rings. The number of halogens is 1. The summed E-state index contributed by atoms with van der Waals surface area (Å²) in [5.74, 6) is 0.502. The molecule has 0 atom stereocenters. The van der Waals surface area contributed by atoms with Gasteiger partial charge in [-0.3, -0.25) is 4.79 Å². The molecule has 0 radical (unpaired) electrons. The molecular formula is C12H20BrN3O2. The van der Waals surface area contributed by atoms with Crippen LogP contribution in [0.25, 0.3) is 0 Å². The molecule has 0 aromatic carbocycles. The summed E-state index contributed by atoms with van der Waals surface area (Å²) in [5, 5.41) is 0.792. The van der Waals surface area contributed by atoms with Gasteiger partial charge in [-0.05, 0) is 6.42 Å². The maximum atomic E-state index is 12.2. The van der Waals surface area contributed by atoms with Crippen LogP contribution in [0.4, 0.5) is 5.82 Å². The third-order valence-corrected chi connectivity index (χ3v) is 2.93. The van der Waals surface area contributed by atoms with Crippen molar-refractivity contribution in [2.24, 2.45) is 0 Å². The lowest BCUT2D eigenvalue weighted by Crippen LogP contribution is -2.36. The van der Waals surface area contributed by atoms with Crippen LogP contribution in [0.5, 0.6) is 0 Å². The summed E-state index contributed by atoms with van der Waals surface area (Å²) < 4.78 is 6.77. The number of aryl methyl sites for hydroxylation is 1. The third-order valence-electron chi connectivity index (χ3n) is 2.58. The number of nitrogens with zero attached hydrogens (tertiary/aromatic N) is 3. The molecule has 0 unspecified atom stereocenters. The van der Waals surface area contributed by atoms with Crippen molar-refractivity contribution in [1.82, 2.24) is 9.55 Å². The summed E-state index contributed by atoms with van der Waals surface area (Å²) >= 11 is 3.39. The SMILES string of the molecule is CCCn1ccnc(N(CCBr)CCOC)c1=O.